The number of aromatic nitrogens is 2. The molecule has 1 aromatic rings. The van der Waals surface area contributed by atoms with Gasteiger partial charge in [-0.2, -0.15) is 0 Å². The molecule has 2 N–H and O–H groups in total. The molecule has 0 spiro atoms. The fourth-order valence-electron chi connectivity index (χ4n) is 2.45. The highest BCUT2D eigenvalue weighted by atomic mass is 16.1. The molecule has 0 unspecified atom stereocenters. The van der Waals surface area contributed by atoms with Crippen molar-refractivity contribution in [1.82, 2.24) is 15.3 Å². The highest BCUT2D eigenvalue weighted by Crippen LogP contribution is 2.26. The van der Waals surface area contributed by atoms with Gasteiger partial charge in [-0.05, 0) is 32.6 Å². The summed E-state index contributed by atoms with van der Waals surface area (Å²) in [5.74, 6) is 1.23. The van der Waals surface area contributed by atoms with E-state index < -0.39 is 0 Å². The van der Waals surface area contributed by atoms with Gasteiger partial charge in [-0.15, -0.1) is 0 Å². The number of carbonyl (C=O) groups excluding carboxylic acids is 1. The van der Waals surface area contributed by atoms with Gasteiger partial charge in [-0.25, -0.2) is 9.97 Å². The van der Waals surface area contributed by atoms with Crippen LogP contribution in [0.1, 0.15) is 31.4 Å². The van der Waals surface area contributed by atoms with Gasteiger partial charge in [0.15, 0.2) is 0 Å². The number of aryl methyl sites for hydroxylation is 1. The van der Waals surface area contributed by atoms with Crippen LogP contribution in [0.3, 0.4) is 0 Å². The largest absolute Gasteiger partial charge is 0.367 e. The number of carbonyl (C=O) groups is 1. The Kier molecular flexibility index (Phi) is 4.12. The van der Waals surface area contributed by atoms with E-state index in [1.807, 2.05) is 13.0 Å². The van der Waals surface area contributed by atoms with Gasteiger partial charge in [0.2, 0.25) is 5.91 Å². The van der Waals surface area contributed by atoms with Crippen LogP contribution in [-0.2, 0) is 4.79 Å². The maximum Gasteiger partial charge on any atom is 0.222 e. The Hall–Kier alpha value is -1.65. The first-order valence-electron chi connectivity index (χ1n) is 6.46. The second-order valence-electron chi connectivity index (χ2n) is 4.85. The van der Waals surface area contributed by atoms with E-state index in [0.29, 0.717) is 6.04 Å². The summed E-state index contributed by atoms with van der Waals surface area (Å²) in [6.07, 6.45) is 5.50. The summed E-state index contributed by atoms with van der Waals surface area (Å²) in [4.78, 5) is 19.8. The van der Waals surface area contributed by atoms with E-state index >= 15 is 0 Å². The molecule has 1 aliphatic rings. The Morgan fingerprint density at radius 2 is 2.00 bits per heavy atom. The maximum absolute atomic E-state index is 11.5. The molecule has 1 saturated carbocycles. The monoisotopic (exact) mass is 248 g/mol. The Labute approximate surface area is 107 Å². The number of hydrogen-bond acceptors (Lipinski definition) is 4. The highest BCUT2D eigenvalue weighted by molar-refractivity contribution is 5.78. The van der Waals surface area contributed by atoms with Crippen LogP contribution in [0.15, 0.2) is 12.4 Å². The molecule has 0 bridgehead atoms. The molecule has 1 heterocycles. The lowest BCUT2D eigenvalue weighted by Crippen LogP contribution is -2.34. The summed E-state index contributed by atoms with van der Waals surface area (Å²) in [7, 11) is 1.70. The van der Waals surface area contributed by atoms with Crippen LogP contribution >= 0.6 is 0 Å². The normalized spacial score (nSPS) is 23.4. The van der Waals surface area contributed by atoms with Crippen molar-refractivity contribution in [3.05, 3.63) is 18.1 Å². The second-order valence-corrected chi connectivity index (χ2v) is 4.85. The third-order valence-electron chi connectivity index (χ3n) is 3.50. The zero-order valence-corrected chi connectivity index (χ0v) is 10.9. The summed E-state index contributed by atoms with van der Waals surface area (Å²) >= 11 is 0. The van der Waals surface area contributed by atoms with Crippen molar-refractivity contribution in [3.63, 3.8) is 0 Å². The van der Waals surface area contributed by atoms with Crippen molar-refractivity contribution in [2.75, 3.05) is 12.4 Å². The lowest BCUT2D eigenvalue weighted by Gasteiger charge is -2.28. The molecule has 0 atom stereocenters. The maximum atomic E-state index is 11.5. The molecule has 1 aromatic heterocycles. The predicted molar refractivity (Wildman–Crippen MR) is 70.2 cm³/mol. The Morgan fingerprint density at radius 1 is 1.28 bits per heavy atom. The molecule has 5 nitrogen and oxygen atoms in total. The zero-order valence-electron chi connectivity index (χ0n) is 10.9. The minimum atomic E-state index is 0.173. The SMILES string of the molecule is CNC(=O)[C@H]1CC[C@@H](Nc2cc(C)ncn2)CC1. The topological polar surface area (TPSA) is 66.9 Å². The van der Waals surface area contributed by atoms with Crippen LogP contribution in [0.2, 0.25) is 0 Å². The van der Waals surface area contributed by atoms with Gasteiger partial charge in [0, 0.05) is 30.8 Å². The number of hydrogen-bond donors (Lipinski definition) is 2. The van der Waals surface area contributed by atoms with E-state index in [4.69, 9.17) is 0 Å². The summed E-state index contributed by atoms with van der Waals surface area (Å²) < 4.78 is 0. The van der Waals surface area contributed by atoms with E-state index in [1.54, 1.807) is 13.4 Å². The molecule has 1 amide bonds. The minimum Gasteiger partial charge on any atom is -0.367 e. The fraction of sp³-hybridized carbons (Fsp3) is 0.615. The van der Waals surface area contributed by atoms with Crippen molar-refractivity contribution in [3.8, 4) is 0 Å². The summed E-state index contributed by atoms with van der Waals surface area (Å²) in [5, 5.41) is 6.14. The van der Waals surface area contributed by atoms with Crippen LogP contribution in [0.5, 0.6) is 0 Å². The van der Waals surface area contributed by atoms with E-state index in [0.717, 1.165) is 37.2 Å². The van der Waals surface area contributed by atoms with Crippen molar-refractivity contribution in [1.29, 1.82) is 0 Å². The summed E-state index contributed by atoms with van der Waals surface area (Å²) in [6.45, 7) is 1.95. The van der Waals surface area contributed by atoms with Crippen molar-refractivity contribution >= 4 is 11.7 Å². The van der Waals surface area contributed by atoms with Gasteiger partial charge in [0.05, 0.1) is 0 Å². The molecular weight excluding hydrogens is 228 g/mol. The van der Waals surface area contributed by atoms with Crippen LogP contribution in [0.25, 0.3) is 0 Å². The van der Waals surface area contributed by atoms with Gasteiger partial charge in [-0.1, -0.05) is 0 Å². The molecule has 0 aliphatic heterocycles. The van der Waals surface area contributed by atoms with Gasteiger partial charge >= 0.3 is 0 Å². The Morgan fingerprint density at radius 3 is 2.61 bits per heavy atom. The lowest BCUT2D eigenvalue weighted by molar-refractivity contribution is -0.125. The van der Waals surface area contributed by atoms with Crippen LogP contribution in [0.4, 0.5) is 5.82 Å². The average molecular weight is 248 g/mol. The van der Waals surface area contributed by atoms with E-state index in [-0.39, 0.29) is 11.8 Å². The highest BCUT2D eigenvalue weighted by Gasteiger charge is 2.25. The van der Waals surface area contributed by atoms with Crippen LogP contribution in [-0.4, -0.2) is 29.0 Å². The zero-order chi connectivity index (χ0) is 13.0. The summed E-state index contributed by atoms with van der Waals surface area (Å²) in [5.41, 5.74) is 0.964. The first-order valence-corrected chi connectivity index (χ1v) is 6.46. The molecule has 1 aliphatic carbocycles. The number of anilines is 1. The Bertz CT molecular complexity index is 413. The molecule has 18 heavy (non-hydrogen) atoms. The predicted octanol–water partition coefficient (Wildman–Crippen LogP) is 1.50. The number of amides is 1. The standard InChI is InChI=1S/C13H20N4O/c1-9-7-12(16-8-15-9)17-11-5-3-10(4-6-11)13(18)14-2/h7-8,10-11H,3-6H2,1-2H3,(H,14,18)(H,15,16,17)/t10-,11+. The molecule has 5 heteroatoms. The summed E-state index contributed by atoms with van der Waals surface area (Å²) in [6, 6.07) is 2.37. The molecule has 0 saturated heterocycles. The molecule has 2 rings (SSSR count). The van der Waals surface area contributed by atoms with Crippen molar-refractivity contribution in [2.24, 2.45) is 5.92 Å². The lowest BCUT2D eigenvalue weighted by atomic mass is 9.85. The van der Waals surface area contributed by atoms with Gasteiger partial charge < -0.3 is 10.6 Å². The molecule has 0 aromatic carbocycles. The number of rotatable bonds is 3. The van der Waals surface area contributed by atoms with Gasteiger partial charge in [-0.3, -0.25) is 4.79 Å². The number of nitrogens with one attached hydrogen (secondary N) is 2. The van der Waals surface area contributed by atoms with Crippen LogP contribution < -0.4 is 10.6 Å². The van der Waals surface area contributed by atoms with Gasteiger partial charge in [0.1, 0.15) is 12.1 Å². The van der Waals surface area contributed by atoms with E-state index in [9.17, 15) is 4.79 Å². The van der Waals surface area contributed by atoms with E-state index in [1.165, 1.54) is 0 Å². The Balaban J connectivity index is 1.85. The van der Waals surface area contributed by atoms with E-state index in [2.05, 4.69) is 20.6 Å². The molecule has 98 valence electrons. The minimum absolute atomic E-state index is 0.173. The van der Waals surface area contributed by atoms with Crippen LogP contribution in [0, 0.1) is 12.8 Å². The first-order chi connectivity index (χ1) is 8.69. The third-order valence-corrected chi connectivity index (χ3v) is 3.50. The number of nitrogens with zero attached hydrogens (tertiary/aromatic N) is 2. The second kappa shape index (κ2) is 5.80. The molecule has 0 radical (unpaired) electrons. The fourth-order valence-corrected chi connectivity index (χ4v) is 2.45. The first kappa shape index (κ1) is 12.8. The molecular formula is C13H20N4O. The van der Waals surface area contributed by atoms with Crippen molar-refractivity contribution < 1.29 is 4.79 Å². The smallest absolute Gasteiger partial charge is 0.222 e. The van der Waals surface area contributed by atoms with Gasteiger partial charge in [0.25, 0.3) is 0 Å². The average Bonchev–Trinajstić information content (AvgIpc) is 2.39. The molecule has 1 fully saturated rings. The third kappa shape index (κ3) is 3.18. The quantitative estimate of drug-likeness (QED) is 0.850. The van der Waals surface area contributed by atoms with Crippen molar-refractivity contribution in [2.45, 2.75) is 38.6 Å².